The summed E-state index contributed by atoms with van der Waals surface area (Å²) in [4.78, 5) is 28.7. The van der Waals surface area contributed by atoms with Crippen molar-refractivity contribution in [2.24, 2.45) is 0 Å². The largest absolute Gasteiger partial charge is 0.466 e. The van der Waals surface area contributed by atoms with Crippen LogP contribution in [-0.2, 0) is 9.53 Å². The zero-order chi connectivity index (χ0) is 19.5. The summed E-state index contributed by atoms with van der Waals surface area (Å²) in [6, 6.07) is 5.12. The highest BCUT2D eigenvalue weighted by Crippen LogP contribution is 2.34. The number of ether oxygens (including phenoxy) is 1. The molecular weight excluding hydrogens is 395 g/mol. The van der Waals surface area contributed by atoms with E-state index in [4.69, 9.17) is 11.6 Å². The van der Waals surface area contributed by atoms with Crippen molar-refractivity contribution >= 4 is 39.9 Å². The van der Waals surface area contributed by atoms with E-state index in [-0.39, 0.29) is 10.7 Å². The Morgan fingerprint density at radius 2 is 1.85 bits per heavy atom. The Balaban J connectivity index is 2.45. The number of hydrogen-bond acceptors (Lipinski definition) is 6. The molecule has 1 aromatic carbocycles. The molecule has 1 amide bonds. The van der Waals surface area contributed by atoms with Crippen LogP contribution in [0.3, 0.4) is 0 Å². The van der Waals surface area contributed by atoms with E-state index in [0.29, 0.717) is 9.90 Å². The molecule has 0 spiro atoms. The summed E-state index contributed by atoms with van der Waals surface area (Å²) in [6.07, 6.45) is -3.89. The van der Waals surface area contributed by atoms with Crippen LogP contribution in [0, 0.1) is 6.92 Å². The molecule has 0 aliphatic heterocycles. The molecule has 2 aromatic rings. The normalized spacial score (nSPS) is 13.6. The molecule has 0 saturated carbocycles. The van der Waals surface area contributed by atoms with Gasteiger partial charge >= 0.3 is 17.8 Å². The number of anilines is 1. The predicted octanol–water partition coefficient (Wildman–Crippen LogP) is 3.38. The number of nitrogens with one attached hydrogen (secondary N) is 2. The van der Waals surface area contributed by atoms with E-state index in [1.165, 1.54) is 30.5 Å². The highest BCUT2D eigenvalue weighted by atomic mass is 35.5. The second-order valence-corrected chi connectivity index (χ2v) is 6.77. The Bertz CT molecular complexity index is 810. The highest BCUT2D eigenvalue weighted by molar-refractivity contribution is 7.15. The van der Waals surface area contributed by atoms with Gasteiger partial charge in [-0.15, -0.1) is 11.3 Å². The summed E-state index contributed by atoms with van der Waals surface area (Å²) in [5.74, 6) is -2.88. The molecule has 2 rings (SSSR count). The summed E-state index contributed by atoms with van der Waals surface area (Å²) >= 11 is 6.58. The van der Waals surface area contributed by atoms with Crippen molar-refractivity contribution in [1.29, 1.82) is 0 Å². The molecule has 2 N–H and O–H groups in total. The van der Waals surface area contributed by atoms with Gasteiger partial charge in [0.2, 0.25) is 0 Å². The number of carbonyl (C=O) groups is 2. The number of hydrogen-bond donors (Lipinski definition) is 2. The fourth-order valence-corrected chi connectivity index (χ4v) is 2.81. The van der Waals surface area contributed by atoms with Crippen molar-refractivity contribution < 1.29 is 27.5 Å². The van der Waals surface area contributed by atoms with Gasteiger partial charge in [-0.25, -0.2) is 9.78 Å². The number of esters is 1. The van der Waals surface area contributed by atoms with Crippen molar-refractivity contribution in [1.82, 2.24) is 10.3 Å². The van der Waals surface area contributed by atoms with Gasteiger partial charge in [-0.05, 0) is 31.2 Å². The number of rotatable bonds is 5. The Kier molecular flexibility index (Phi) is 5.77. The smallest absolute Gasteiger partial charge is 0.442 e. The maximum atomic E-state index is 13.8. The summed E-state index contributed by atoms with van der Waals surface area (Å²) < 4.78 is 45.8. The van der Waals surface area contributed by atoms with E-state index in [0.717, 1.165) is 18.4 Å². The number of halogens is 4. The van der Waals surface area contributed by atoms with Crippen LogP contribution in [0.1, 0.15) is 15.2 Å². The molecular formula is C15H13ClF3N3O3S. The van der Waals surface area contributed by atoms with Crippen LogP contribution in [0.5, 0.6) is 0 Å². The maximum absolute atomic E-state index is 13.8. The summed E-state index contributed by atoms with van der Waals surface area (Å²) in [5, 5.41) is 3.75. The molecule has 0 unspecified atom stereocenters. The van der Waals surface area contributed by atoms with Crippen molar-refractivity contribution in [2.45, 2.75) is 18.8 Å². The number of nitrogens with zero attached hydrogens (tertiary/aromatic N) is 1. The molecule has 26 heavy (non-hydrogen) atoms. The van der Waals surface area contributed by atoms with Gasteiger partial charge in [-0.1, -0.05) is 11.6 Å². The minimum Gasteiger partial charge on any atom is -0.466 e. The number of thiazole rings is 1. The number of methoxy groups -OCH3 is 1. The first kappa shape index (κ1) is 20.0. The van der Waals surface area contributed by atoms with Gasteiger partial charge in [0.25, 0.3) is 5.91 Å². The Labute approximate surface area is 155 Å². The predicted molar refractivity (Wildman–Crippen MR) is 90.2 cm³/mol. The maximum Gasteiger partial charge on any atom is 0.442 e. The van der Waals surface area contributed by atoms with E-state index >= 15 is 0 Å². The fraction of sp³-hybridized carbons (Fsp3) is 0.267. The highest BCUT2D eigenvalue weighted by Gasteiger charge is 2.64. The van der Waals surface area contributed by atoms with Crippen molar-refractivity contribution in [3.05, 3.63) is 45.9 Å². The van der Waals surface area contributed by atoms with Gasteiger partial charge in [0, 0.05) is 21.7 Å². The summed E-state index contributed by atoms with van der Waals surface area (Å²) in [6.45, 7) is 1.63. The quantitative estimate of drug-likeness (QED) is 0.586. The lowest BCUT2D eigenvalue weighted by atomic mass is 10.1. The van der Waals surface area contributed by atoms with Gasteiger partial charge in [-0.2, -0.15) is 13.2 Å². The molecule has 6 nitrogen and oxygen atoms in total. The van der Waals surface area contributed by atoms with Crippen molar-refractivity contribution in [3.63, 3.8) is 0 Å². The number of amides is 1. The number of benzene rings is 1. The monoisotopic (exact) mass is 407 g/mol. The third kappa shape index (κ3) is 4.07. The SMILES string of the molecule is COC(=O)[C@](NC(=O)c1ccc(Cl)cc1)(Nc1ncc(C)s1)C(F)(F)F. The lowest BCUT2D eigenvalue weighted by Crippen LogP contribution is -2.69. The first-order valence-corrected chi connectivity index (χ1v) is 8.22. The standard InChI is InChI=1S/C15H13ClF3N3O3S/c1-8-7-20-13(26-8)22-14(12(24)25-2,15(17,18)19)21-11(23)9-3-5-10(16)6-4-9/h3-7H,1-2H3,(H,20,22)(H,21,23)/t14-/m0/s1. The molecule has 0 fully saturated rings. The number of aryl methyl sites for hydroxylation is 1. The zero-order valence-corrected chi connectivity index (χ0v) is 15.1. The Morgan fingerprint density at radius 1 is 1.23 bits per heavy atom. The number of carbonyl (C=O) groups excluding carboxylic acids is 2. The second-order valence-electron chi connectivity index (χ2n) is 5.10. The molecule has 11 heteroatoms. The molecule has 0 saturated heterocycles. The molecule has 0 bridgehead atoms. The van der Waals surface area contributed by atoms with E-state index < -0.39 is 23.7 Å². The van der Waals surface area contributed by atoms with Gasteiger partial charge in [0.1, 0.15) is 0 Å². The van der Waals surface area contributed by atoms with Crippen LogP contribution in [0.25, 0.3) is 0 Å². The first-order valence-electron chi connectivity index (χ1n) is 7.03. The number of alkyl halides is 3. The van der Waals surface area contributed by atoms with E-state index in [1.807, 2.05) is 5.32 Å². The lowest BCUT2D eigenvalue weighted by Gasteiger charge is -2.34. The summed E-state index contributed by atoms with van der Waals surface area (Å²) in [5.41, 5.74) is -3.63. The minimum absolute atomic E-state index is 0.121. The third-order valence-corrected chi connectivity index (χ3v) is 4.32. The summed E-state index contributed by atoms with van der Waals surface area (Å²) in [7, 11) is 0.784. The van der Waals surface area contributed by atoms with Crippen LogP contribution >= 0.6 is 22.9 Å². The molecule has 1 heterocycles. The average molecular weight is 408 g/mol. The molecule has 0 radical (unpaired) electrons. The zero-order valence-electron chi connectivity index (χ0n) is 13.5. The Morgan fingerprint density at radius 3 is 2.31 bits per heavy atom. The van der Waals surface area contributed by atoms with E-state index in [9.17, 15) is 22.8 Å². The van der Waals surface area contributed by atoms with Crippen molar-refractivity contribution in [2.75, 3.05) is 12.4 Å². The van der Waals surface area contributed by atoms with Gasteiger partial charge in [0.05, 0.1) is 7.11 Å². The minimum atomic E-state index is -5.22. The second kappa shape index (κ2) is 7.50. The van der Waals surface area contributed by atoms with Gasteiger partial charge in [0.15, 0.2) is 5.13 Å². The first-order chi connectivity index (χ1) is 12.1. The molecule has 1 aromatic heterocycles. The fourth-order valence-electron chi connectivity index (χ4n) is 1.96. The average Bonchev–Trinajstić information content (AvgIpc) is 2.97. The Hall–Kier alpha value is -2.33. The van der Waals surface area contributed by atoms with Gasteiger partial charge < -0.3 is 15.4 Å². The number of aromatic nitrogens is 1. The van der Waals surface area contributed by atoms with Crippen molar-refractivity contribution in [3.8, 4) is 0 Å². The van der Waals surface area contributed by atoms with Gasteiger partial charge in [-0.3, -0.25) is 4.79 Å². The van der Waals surface area contributed by atoms with Crippen LogP contribution in [0.15, 0.2) is 30.5 Å². The third-order valence-electron chi connectivity index (χ3n) is 3.24. The van der Waals surface area contributed by atoms with E-state index in [2.05, 4.69) is 9.72 Å². The van der Waals surface area contributed by atoms with Crippen LogP contribution in [0.4, 0.5) is 18.3 Å². The molecule has 140 valence electrons. The lowest BCUT2D eigenvalue weighted by molar-refractivity contribution is -0.203. The molecule has 1 atom stereocenters. The van der Waals surface area contributed by atoms with Crippen LogP contribution < -0.4 is 10.6 Å². The van der Waals surface area contributed by atoms with Crippen LogP contribution in [0.2, 0.25) is 5.02 Å². The molecule has 0 aliphatic carbocycles. The van der Waals surface area contributed by atoms with E-state index in [1.54, 1.807) is 12.2 Å². The topological polar surface area (TPSA) is 80.3 Å². The molecule has 0 aliphatic rings. The van der Waals surface area contributed by atoms with Crippen LogP contribution in [-0.4, -0.2) is 35.8 Å².